The zero-order chi connectivity index (χ0) is 17.6. The number of fused-ring (bicyclic) bond motifs is 1. The summed E-state index contributed by atoms with van der Waals surface area (Å²) in [5.74, 6) is -0.320. The second kappa shape index (κ2) is 5.99. The summed E-state index contributed by atoms with van der Waals surface area (Å²) in [6, 6.07) is 9.79. The Kier molecular flexibility index (Phi) is 3.79. The first-order valence-corrected chi connectivity index (χ1v) is 8.63. The van der Waals surface area contributed by atoms with Crippen molar-refractivity contribution in [1.82, 2.24) is 9.88 Å². The maximum Gasteiger partial charge on any atom is 0.233 e. The van der Waals surface area contributed by atoms with Gasteiger partial charge in [-0.1, -0.05) is 18.2 Å². The standard InChI is InChI=1S/C20H21N3O2/c1-13-5-6-14-7-9-23(17(14)10-13)20(25)16-11-18(24)22(2)19(16)15-4-3-8-21-12-15/h3-6,8,10,12,16,19H,7,9,11H2,1-2H3/t16-,19+/m0/s1. The van der Waals surface area contributed by atoms with E-state index in [1.165, 1.54) is 5.56 Å². The van der Waals surface area contributed by atoms with Gasteiger partial charge >= 0.3 is 0 Å². The Morgan fingerprint density at radius 3 is 2.88 bits per heavy atom. The fraction of sp³-hybridized carbons (Fsp3) is 0.350. The number of hydrogen-bond donors (Lipinski definition) is 0. The van der Waals surface area contributed by atoms with Gasteiger partial charge in [-0.05, 0) is 42.2 Å². The Labute approximate surface area is 147 Å². The zero-order valence-electron chi connectivity index (χ0n) is 14.5. The molecule has 2 aliphatic heterocycles. The number of hydrogen-bond acceptors (Lipinski definition) is 3. The summed E-state index contributed by atoms with van der Waals surface area (Å²) in [5.41, 5.74) is 4.26. The first-order valence-electron chi connectivity index (χ1n) is 8.63. The zero-order valence-corrected chi connectivity index (χ0v) is 14.5. The van der Waals surface area contributed by atoms with Crippen LogP contribution in [0.15, 0.2) is 42.7 Å². The summed E-state index contributed by atoms with van der Waals surface area (Å²) in [6.07, 6.45) is 4.58. The minimum absolute atomic E-state index is 0.0101. The van der Waals surface area contributed by atoms with Gasteiger partial charge in [-0.15, -0.1) is 0 Å². The number of pyridine rings is 1. The van der Waals surface area contributed by atoms with Crippen LogP contribution in [0.3, 0.4) is 0 Å². The number of aryl methyl sites for hydroxylation is 1. The quantitative estimate of drug-likeness (QED) is 0.847. The molecule has 0 spiro atoms. The van der Waals surface area contributed by atoms with Gasteiger partial charge in [0.05, 0.1) is 12.0 Å². The van der Waals surface area contributed by atoms with Crippen molar-refractivity contribution in [2.75, 3.05) is 18.5 Å². The van der Waals surface area contributed by atoms with Crippen molar-refractivity contribution in [3.63, 3.8) is 0 Å². The van der Waals surface area contributed by atoms with Crippen LogP contribution < -0.4 is 4.90 Å². The summed E-state index contributed by atoms with van der Waals surface area (Å²) in [7, 11) is 1.77. The predicted molar refractivity (Wildman–Crippen MR) is 95.1 cm³/mol. The monoisotopic (exact) mass is 335 g/mol. The van der Waals surface area contributed by atoms with Gasteiger partial charge in [0.1, 0.15) is 0 Å². The maximum absolute atomic E-state index is 13.3. The molecule has 0 aliphatic carbocycles. The van der Waals surface area contributed by atoms with Gasteiger partial charge in [0.25, 0.3) is 0 Å². The van der Waals surface area contributed by atoms with Crippen LogP contribution in [-0.2, 0) is 16.0 Å². The molecule has 2 amide bonds. The van der Waals surface area contributed by atoms with Crippen molar-refractivity contribution in [3.05, 3.63) is 59.4 Å². The molecule has 0 bridgehead atoms. The molecule has 0 radical (unpaired) electrons. The second-order valence-corrected chi connectivity index (χ2v) is 6.92. The number of rotatable bonds is 2. The average molecular weight is 335 g/mol. The summed E-state index contributed by atoms with van der Waals surface area (Å²) in [6.45, 7) is 2.72. The minimum atomic E-state index is -0.367. The number of benzene rings is 1. The van der Waals surface area contributed by atoms with Crippen LogP contribution in [-0.4, -0.2) is 35.3 Å². The molecule has 0 saturated carbocycles. The Morgan fingerprint density at radius 1 is 1.28 bits per heavy atom. The van der Waals surface area contributed by atoms with E-state index in [2.05, 4.69) is 23.2 Å². The molecule has 1 saturated heterocycles. The molecule has 2 aliphatic rings. The van der Waals surface area contributed by atoms with Gasteiger partial charge in [-0.25, -0.2) is 0 Å². The van der Waals surface area contributed by atoms with Gasteiger partial charge in [-0.2, -0.15) is 0 Å². The highest BCUT2D eigenvalue weighted by Gasteiger charge is 2.45. The van der Waals surface area contributed by atoms with Crippen molar-refractivity contribution >= 4 is 17.5 Å². The molecular weight excluding hydrogens is 314 g/mol. The molecule has 2 aromatic rings. The van der Waals surface area contributed by atoms with Gasteiger partial charge in [0.15, 0.2) is 0 Å². The normalized spacial score (nSPS) is 22.4. The van der Waals surface area contributed by atoms with Crippen LogP contribution in [0.1, 0.15) is 29.2 Å². The Hall–Kier alpha value is -2.69. The Balaban J connectivity index is 1.68. The lowest BCUT2D eigenvalue weighted by Crippen LogP contribution is -2.37. The van der Waals surface area contributed by atoms with E-state index in [4.69, 9.17) is 0 Å². The molecule has 4 rings (SSSR count). The number of carbonyl (C=O) groups is 2. The van der Waals surface area contributed by atoms with E-state index in [0.29, 0.717) is 6.54 Å². The van der Waals surface area contributed by atoms with Gasteiger partial charge in [0.2, 0.25) is 11.8 Å². The smallest absolute Gasteiger partial charge is 0.233 e. The predicted octanol–water partition coefficient (Wildman–Crippen LogP) is 2.50. The van der Waals surface area contributed by atoms with Crippen LogP contribution >= 0.6 is 0 Å². The molecular formula is C20H21N3O2. The number of carbonyl (C=O) groups excluding carboxylic acids is 2. The largest absolute Gasteiger partial charge is 0.338 e. The molecule has 1 fully saturated rings. The number of amides is 2. The SMILES string of the molecule is Cc1ccc2c(c1)N(C(=O)[C@H]1CC(=O)N(C)[C@@H]1c1cccnc1)CC2. The third-order valence-electron chi connectivity index (χ3n) is 5.33. The highest BCUT2D eigenvalue weighted by atomic mass is 16.2. The summed E-state index contributed by atoms with van der Waals surface area (Å²) < 4.78 is 0. The number of likely N-dealkylation sites (tertiary alicyclic amines) is 1. The van der Waals surface area contributed by atoms with Crippen LogP contribution in [0.4, 0.5) is 5.69 Å². The molecule has 128 valence electrons. The van der Waals surface area contributed by atoms with Crippen LogP contribution in [0.5, 0.6) is 0 Å². The molecule has 2 atom stereocenters. The topological polar surface area (TPSA) is 53.5 Å². The summed E-state index contributed by atoms with van der Waals surface area (Å²) in [4.78, 5) is 33.4. The Morgan fingerprint density at radius 2 is 2.12 bits per heavy atom. The first kappa shape index (κ1) is 15.8. The molecule has 1 aromatic heterocycles. The van der Waals surface area contributed by atoms with Gasteiger partial charge in [0, 0.05) is 38.1 Å². The number of nitrogens with zero attached hydrogens (tertiary/aromatic N) is 3. The van der Waals surface area contributed by atoms with Crippen LogP contribution in [0.25, 0.3) is 0 Å². The van der Waals surface area contributed by atoms with Gasteiger partial charge in [-0.3, -0.25) is 14.6 Å². The molecule has 0 N–H and O–H groups in total. The maximum atomic E-state index is 13.3. The second-order valence-electron chi connectivity index (χ2n) is 6.92. The third-order valence-corrected chi connectivity index (χ3v) is 5.33. The van der Waals surface area contributed by atoms with E-state index < -0.39 is 0 Å². The van der Waals surface area contributed by atoms with E-state index in [1.807, 2.05) is 24.0 Å². The van der Waals surface area contributed by atoms with E-state index >= 15 is 0 Å². The summed E-state index contributed by atoms with van der Waals surface area (Å²) >= 11 is 0. The highest BCUT2D eigenvalue weighted by molar-refractivity contribution is 6.01. The fourth-order valence-electron chi connectivity index (χ4n) is 4.02. The molecule has 25 heavy (non-hydrogen) atoms. The molecule has 3 heterocycles. The number of anilines is 1. The molecule has 5 heteroatoms. The van der Waals surface area contributed by atoms with Crippen LogP contribution in [0, 0.1) is 12.8 Å². The lowest BCUT2D eigenvalue weighted by molar-refractivity contribution is -0.128. The van der Waals surface area contributed by atoms with Gasteiger partial charge < -0.3 is 9.80 Å². The lowest BCUT2D eigenvalue weighted by Gasteiger charge is -2.28. The average Bonchev–Trinajstić information content (AvgIpc) is 3.16. The van der Waals surface area contributed by atoms with Crippen molar-refractivity contribution < 1.29 is 9.59 Å². The van der Waals surface area contributed by atoms with E-state index in [1.54, 1.807) is 24.3 Å². The molecule has 0 unspecified atom stereocenters. The number of aromatic nitrogens is 1. The van der Waals surface area contributed by atoms with Crippen molar-refractivity contribution in [2.45, 2.75) is 25.8 Å². The van der Waals surface area contributed by atoms with Crippen LogP contribution in [0.2, 0.25) is 0 Å². The fourth-order valence-corrected chi connectivity index (χ4v) is 4.02. The molecule has 1 aromatic carbocycles. The van der Waals surface area contributed by atoms with Crippen molar-refractivity contribution in [1.29, 1.82) is 0 Å². The highest BCUT2D eigenvalue weighted by Crippen LogP contribution is 2.40. The molecule has 5 nitrogen and oxygen atoms in total. The lowest BCUT2D eigenvalue weighted by atomic mass is 9.93. The Bertz CT molecular complexity index is 834. The van der Waals surface area contributed by atoms with Crippen molar-refractivity contribution in [3.8, 4) is 0 Å². The van der Waals surface area contributed by atoms with E-state index in [9.17, 15) is 9.59 Å². The van der Waals surface area contributed by atoms with E-state index in [0.717, 1.165) is 23.2 Å². The van der Waals surface area contributed by atoms with E-state index in [-0.39, 0.29) is 30.2 Å². The first-order chi connectivity index (χ1) is 12.1. The van der Waals surface area contributed by atoms with Crippen molar-refractivity contribution in [2.24, 2.45) is 5.92 Å². The summed E-state index contributed by atoms with van der Waals surface area (Å²) in [5, 5.41) is 0. The third kappa shape index (κ3) is 2.60. The minimum Gasteiger partial charge on any atom is -0.338 e.